The third-order valence-electron chi connectivity index (χ3n) is 4.41. The molecule has 2 aromatic carbocycles. The van der Waals surface area contributed by atoms with Crippen LogP contribution in [0.5, 0.6) is 5.75 Å². The molecule has 1 heterocycles. The molecule has 3 aromatic rings. The zero-order chi connectivity index (χ0) is 20.8. The second-order valence-electron chi connectivity index (χ2n) is 6.46. The lowest BCUT2D eigenvalue weighted by Gasteiger charge is -2.13. The van der Waals surface area contributed by atoms with E-state index in [-0.39, 0.29) is 18.3 Å². The molecule has 0 radical (unpaired) electrons. The van der Waals surface area contributed by atoms with Gasteiger partial charge in [0.05, 0.1) is 19.3 Å². The van der Waals surface area contributed by atoms with Crippen LogP contribution in [0, 0.1) is 5.82 Å². The van der Waals surface area contributed by atoms with Crippen molar-refractivity contribution < 1.29 is 13.9 Å². The normalized spacial score (nSPS) is 11.9. The molecule has 0 saturated heterocycles. The predicted molar refractivity (Wildman–Crippen MR) is 111 cm³/mol. The van der Waals surface area contributed by atoms with Crippen LogP contribution in [-0.4, -0.2) is 33.0 Å². The summed E-state index contributed by atoms with van der Waals surface area (Å²) < 4.78 is 20.7. The van der Waals surface area contributed by atoms with Crippen LogP contribution < -0.4 is 10.1 Å². The molecule has 29 heavy (non-hydrogen) atoms. The number of thioether (sulfide) groups is 1. The van der Waals surface area contributed by atoms with E-state index in [0.717, 1.165) is 6.42 Å². The average molecular weight is 415 g/mol. The second kappa shape index (κ2) is 9.56. The summed E-state index contributed by atoms with van der Waals surface area (Å²) in [5.41, 5.74) is 1.13. The van der Waals surface area contributed by atoms with Crippen molar-refractivity contribution in [1.82, 2.24) is 20.1 Å². The van der Waals surface area contributed by atoms with Gasteiger partial charge in [-0.05, 0) is 48.9 Å². The van der Waals surface area contributed by atoms with Gasteiger partial charge in [0.25, 0.3) is 5.91 Å². The highest BCUT2D eigenvalue weighted by molar-refractivity contribution is 7.99. The quantitative estimate of drug-likeness (QED) is 0.559. The Hall–Kier alpha value is -2.87. The summed E-state index contributed by atoms with van der Waals surface area (Å²) in [5, 5.41) is 12.4. The first-order chi connectivity index (χ1) is 14.0. The number of aromatic nitrogens is 3. The van der Waals surface area contributed by atoms with E-state index in [2.05, 4.69) is 29.4 Å². The molecule has 3 rings (SSSR count). The first-order valence-electron chi connectivity index (χ1n) is 9.31. The molecular weight excluding hydrogens is 391 g/mol. The molecule has 152 valence electrons. The van der Waals surface area contributed by atoms with E-state index in [4.69, 9.17) is 4.74 Å². The number of hydrogen-bond acceptors (Lipinski definition) is 5. The van der Waals surface area contributed by atoms with Crippen molar-refractivity contribution >= 4 is 17.7 Å². The smallest absolute Gasteiger partial charge is 0.251 e. The van der Waals surface area contributed by atoms with Crippen molar-refractivity contribution in [3.63, 3.8) is 0 Å². The Balaban J connectivity index is 1.83. The molecule has 1 amide bonds. The van der Waals surface area contributed by atoms with Gasteiger partial charge in [-0.2, -0.15) is 0 Å². The minimum absolute atomic E-state index is 0.162. The van der Waals surface area contributed by atoms with Gasteiger partial charge in [0, 0.05) is 10.8 Å². The molecule has 0 spiro atoms. The number of rotatable bonds is 8. The lowest BCUT2D eigenvalue weighted by molar-refractivity contribution is 0.0949. The van der Waals surface area contributed by atoms with Gasteiger partial charge in [-0.15, -0.1) is 10.2 Å². The van der Waals surface area contributed by atoms with Crippen LogP contribution in [-0.2, 0) is 6.54 Å². The Morgan fingerprint density at radius 2 is 2.00 bits per heavy atom. The number of carbonyl (C=O) groups excluding carboxylic acids is 1. The maximum atomic E-state index is 13.8. The van der Waals surface area contributed by atoms with E-state index in [0.29, 0.717) is 33.2 Å². The lowest BCUT2D eigenvalue weighted by atomic mass is 10.2. The van der Waals surface area contributed by atoms with Crippen LogP contribution in [0.2, 0.25) is 0 Å². The first-order valence-corrected chi connectivity index (χ1v) is 10.2. The van der Waals surface area contributed by atoms with Gasteiger partial charge in [-0.25, -0.2) is 4.39 Å². The monoisotopic (exact) mass is 414 g/mol. The molecule has 1 atom stereocenters. The maximum Gasteiger partial charge on any atom is 0.251 e. The van der Waals surface area contributed by atoms with Crippen LogP contribution >= 0.6 is 11.8 Å². The zero-order valence-electron chi connectivity index (χ0n) is 16.6. The predicted octanol–water partition coefficient (Wildman–Crippen LogP) is 4.24. The molecule has 0 saturated carbocycles. The Bertz CT molecular complexity index is 975. The molecule has 0 unspecified atom stereocenters. The Morgan fingerprint density at radius 1 is 1.24 bits per heavy atom. The molecule has 0 aliphatic heterocycles. The van der Waals surface area contributed by atoms with Gasteiger partial charge in [0.1, 0.15) is 11.6 Å². The molecule has 1 N–H and O–H groups in total. The molecule has 1 aromatic heterocycles. The van der Waals surface area contributed by atoms with Crippen molar-refractivity contribution in [2.75, 3.05) is 7.11 Å². The Kier molecular flexibility index (Phi) is 6.87. The van der Waals surface area contributed by atoms with Crippen molar-refractivity contribution in [3.05, 3.63) is 65.7 Å². The number of nitrogens with zero attached hydrogens (tertiary/aromatic N) is 3. The largest absolute Gasteiger partial charge is 0.497 e. The van der Waals surface area contributed by atoms with E-state index in [9.17, 15) is 9.18 Å². The summed E-state index contributed by atoms with van der Waals surface area (Å²) in [5.74, 6) is 0.629. The number of ether oxygens (including phenoxy) is 1. The maximum absolute atomic E-state index is 13.8. The number of hydrogen-bond donors (Lipinski definition) is 1. The number of methoxy groups -OCH3 is 1. The molecule has 6 nitrogen and oxygen atoms in total. The second-order valence-corrected chi connectivity index (χ2v) is 7.87. The van der Waals surface area contributed by atoms with E-state index in [1.165, 1.54) is 12.1 Å². The van der Waals surface area contributed by atoms with E-state index >= 15 is 0 Å². The number of halogens is 1. The van der Waals surface area contributed by atoms with Crippen molar-refractivity contribution in [2.24, 2.45) is 0 Å². The first kappa shape index (κ1) is 20.9. The van der Waals surface area contributed by atoms with Crippen molar-refractivity contribution in [2.45, 2.75) is 37.2 Å². The van der Waals surface area contributed by atoms with Crippen molar-refractivity contribution in [1.29, 1.82) is 0 Å². The van der Waals surface area contributed by atoms with Crippen LogP contribution in [0.1, 0.15) is 36.5 Å². The highest BCUT2D eigenvalue weighted by Gasteiger charge is 2.18. The molecule has 0 aliphatic rings. The van der Waals surface area contributed by atoms with E-state index in [1.807, 2.05) is 0 Å². The van der Waals surface area contributed by atoms with Crippen LogP contribution in [0.3, 0.4) is 0 Å². The zero-order valence-corrected chi connectivity index (χ0v) is 17.4. The standard InChI is InChI=1S/C21H23FN4O2S/c1-4-14(2)29-21-25-24-19(26(21)17-7-5-6-16(22)12-17)13-23-20(27)15-8-10-18(28-3)11-9-15/h5-12,14H,4,13H2,1-3H3,(H,23,27)/t14-/m1/s1. The van der Waals surface area contributed by atoms with Gasteiger partial charge in [0.2, 0.25) is 0 Å². The van der Waals surface area contributed by atoms with Gasteiger partial charge < -0.3 is 10.1 Å². The van der Waals surface area contributed by atoms with Crippen LogP contribution in [0.15, 0.2) is 53.7 Å². The molecule has 0 bridgehead atoms. The van der Waals surface area contributed by atoms with Crippen LogP contribution in [0.4, 0.5) is 4.39 Å². The number of benzene rings is 2. The summed E-state index contributed by atoms with van der Waals surface area (Å²) in [6.45, 7) is 4.35. The van der Waals surface area contributed by atoms with Gasteiger partial charge in [-0.1, -0.05) is 31.7 Å². The van der Waals surface area contributed by atoms with Gasteiger partial charge >= 0.3 is 0 Å². The minimum Gasteiger partial charge on any atom is -0.497 e. The molecule has 0 fully saturated rings. The summed E-state index contributed by atoms with van der Waals surface area (Å²) >= 11 is 1.57. The Labute approximate surface area is 173 Å². The summed E-state index contributed by atoms with van der Waals surface area (Å²) in [4.78, 5) is 12.5. The molecular formula is C21H23FN4O2S. The summed E-state index contributed by atoms with van der Waals surface area (Å²) in [6.07, 6.45) is 0.963. The SMILES string of the molecule is CC[C@@H](C)Sc1nnc(CNC(=O)c2ccc(OC)cc2)n1-c1cccc(F)c1. The fourth-order valence-corrected chi connectivity index (χ4v) is 3.56. The van der Waals surface area contributed by atoms with E-state index < -0.39 is 0 Å². The van der Waals surface area contributed by atoms with Gasteiger partial charge in [-0.3, -0.25) is 9.36 Å². The lowest BCUT2D eigenvalue weighted by Crippen LogP contribution is -2.24. The fourth-order valence-electron chi connectivity index (χ4n) is 2.63. The summed E-state index contributed by atoms with van der Waals surface area (Å²) in [6, 6.07) is 13.1. The number of carbonyl (C=O) groups is 1. The molecule has 8 heteroatoms. The molecule has 0 aliphatic carbocycles. The third-order valence-corrected chi connectivity index (χ3v) is 5.62. The van der Waals surface area contributed by atoms with Gasteiger partial charge in [0.15, 0.2) is 11.0 Å². The number of amides is 1. The fraction of sp³-hybridized carbons (Fsp3) is 0.286. The highest BCUT2D eigenvalue weighted by atomic mass is 32.2. The topological polar surface area (TPSA) is 69.0 Å². The number of nitrogens with one attached hydrogen (secondary N) is 1. The van der Waals surface area contributed by atoms with Crippen molar-refractivity contribution in [3.8, 4) is 11.4 Å². The van der Waals surface area contributed by atoms with Crippen LogP contribution in [0.25, 0.3) is 5.69 Å². The average Bonchev–Trinajstić information content (AvgIpc) is 3.14. The minimum atomic E-state index is -0.344. The third kappa shape index (κ3) is 5.14. The summed E-state index contributed by atoms with van der Waals surface area (Å²) in [7, 11) is 1.57. The highest BCUT2D eigenvalue weighted by Crippen LogP contribution is 2.27. The van der Waals surface area contributed by atoms with E-state index in [1.54, 1.807) is 59.8 Å². The Morgan fingerprint density at radius 3 is 2.66 bits per heavy atom.